The summed E-state index contributed by atoms with van der Waals surface area (Å²) in [4.78, 5) is 29.0. The van der Waals surface area contributed by atoms with Crippen molar-refractivity contribution >= 4 is 34.2 Å². The van der Waals surface area contributed by atoms with Gasteiger partial charge in [-0.2, -0.15) is 0 Å². The maximum Gasteiger partial charge on any atom is 0.295 e. The normalized spacial score (nSPS) is 14.9. The molecule has 7 heteroatoms. The number of amides is 1. The molecule has 0 saturated heterocycles. The number of anilines is 1. The molecule has 4 aromatic rings. The molecule has 0 aliphatic carbocycles. The number of nitrogens with zero attached hydrogens (tertiary/aromatic N) is 1. The second kappa shape index (κ2) is 9.47. The van der Waals surface area contributed by atoms with Crippen LogP contribution < -0.4 is 19.8 Å². The van der Waals surface area contributed by atoms with Crippen LogP contribution in [-0.2, 0) is 0 Å². The van der Waals surface area contributed by atoms with Gasteiger partial charge >= 0.3 is 0 Å². The number of hydrogen-bond donors (Lipinski definition) is 0. The van der Waals surface area contributed by atoms with E-state index in [1.54, 1.807) is 47.4 Å². The van der Waals surface area contributed by atoms with Crippen molar-refractivity contribution < 1.29 is 18.7 Å². The summed E-state index contributed by atoms with van der Waals surface area (Å²) in [5.74, 6) is 1.01. The maximum atomic E-state index is 13.7. The number of carbonyl (C=O) groups excluding carboxylic acids is 1. The molecule has 178 valence electrons. The van der Waals surface area contributed by atoms with Crippen LogP contribution in [0.25, 0.3) is 11.0 Å². The average molecular weight is 490 g/mol. The van der Waals surface area contributed by atoms with Gasteiger partial charge in [0.05, 0.1) is 30.2 Å². The third-order valence-electron chi connectivity index (χ3n) is 5.90. The predicted molar refractivity (Wildman–Crippen MR) is 136 cm³/mol. The second-order valence-electron chi connectivity index (χ2n) is 8.24. The monoisotopic (exact) mass is 489 g/mol. The van der Waals surface area contributed by atoms with E-state index in [0.29, 0.717) is 46.4 Å². The highest BCUT2D eigenvalue weighted by molar-refractivity contribution is 6.31. The van der Waals surface area contributed by atoms with Gasteiger partial charge in [0.25, 0.3) is 5.91 Å². The number of ether oxygens (including phenoxy) is 2. The Hall–Kier alpha value is -3.77. The zero-order valence-corrected chi connectivity index (χ0v) is 20.2. The molecule has 35 heavy (non-hydrogen) atoms. The van der Waals surface area contributed by atoms with E-state index in [4.69, 9.17) is 25.5 Å². The van der Waals surface area contributed by atoms with Crippen molar-refractivity contribution in [2.45, 2.75) is 26.3 Å². The van der Waals surface area contributed by atoms with Gasteiger partial charge in [0.15, 0.2) is 5.43 Å². The van der Waals surface area contributed by atoms with Crippen molar-refractivity contribution in [2.75, 3.05) is 18.1 Å². The molecule has 0 N–H and O–H groups in total. The highest BCUT2D eigenvalue weighted by atomic mass is 35.5. The largest absolute Gasteiger partial charge is 0.494 e. The number of hydrogen-bond acceptors (Lipinski definition) is 5. The lowest BCUT2D eigenvalue weighted by atomic mass is 9.98. The summed E-state index contributed by atoms with van der Waals surface area (Å²) >= 11 is 6.17. The number of fused-ring (bicyclic) bond motifs is 2. The summed E-state index contributed by atoms with van der Waals surface area (Å²) in [5.41, 5.74) is 1.69. The lowest BCUT2D eigenvalue weighted by Gasteiger charge is -2.25. The summed E-state index contributed by atoms with van der Waals surface area (Å²) in [6.07, 6.45) is 0.865. The molecular formula is C28H24ClNO5. The molecule has 0 saturated carbocycles. The lowest BCUT2D eigenvalue weighted by Crippen LogP contribution is -2.29. The van der Waals surface area contributed by atoms with Crippen LogP contribution >= 0.6 is 11.6 Å². The molecule has 6 nitrogen and oxygen atoms in total. The molecule has 1 aliphatic rings. The Kier molecular flexibility index (Phi) is 6.22. The van der Waals surface area contributed by atoms with Gasteiger partial charge in [0.1, 0.15) is 17.1 Å². The van der Waals surface area contributed by atoms with Gasteiger partial charge in [0, 0.05) is 10.7 Å². The molecule has 5 rings (SSSR count). The topological polar surface area (TPSA) is 69.0 Å². The highest BCUT2D eigenvalue weighted by Gasteiger charge is 2.43. The van der Waals surface area contributed by atoms with Gasteiger partial charge in [-0.25, -0.2) is 0 Å². The average Bonchev–Trinajstić information content (AvgIpc) is 3.16. The summed E-state index contributed by atoms with van der Waals surface area (Å²) in [6.45, 7) is 5.04. The maximum absolute atomic E-state index is 13.7. The molecule has 1 aromatic heterocycles. The smallest absolute Gasteiger partial charge is 0.295 e. The first-order chi connectivity index (χ1) is 17.0. The van der Waals surface area contributed by atoms with Crippen LogP contribution in [0.5, 0.6) is 11.5 Å². The first-order valence-electron chi connectivity index (χ1n) is 11.6. The van der Waals surface area contributed by atoms with Gasteiger partial charge in [0.2, 0.25) is 5.76 Å². The van der Waals surface area contributed by atoms with E-state index in [2.05, 4.69) is 0 Å². The molecule has 1 aliphatic heterocycles. The van der Waals surface area contributed by atoms with E-state index in [-0.39, 0.29) is 22.7 Å². The number of benzene rings is 3. The molecule has 0 spiro atoms. The minimum absolute atomic E-state index is 0.0311. The van der Waals surface area contributed by atoms with Crippen molar-refractivity contribution in [2.24, 2.45) is 0 Å². The first kappa shape index (κ1) is 23.0. The van der Waals surface area contributed by atoms with Crippen molar-refractivity contribution in [1.29, 1.82) is 0 Å². The van der Waals surface area contributed by atoms with Crippen molar-refractivity contribution in [1.82, 2.24) is 0 Å². The van der Waals surface area contributed by atoms with Crippen LogP contribution in [0, 0.1) is 0 Å². The standard InChI is InChI=1S/C28H24ClNO5/c1-3-14-34-21-7-5-6-17(15-21)25-24-26(31)22-16-18(29)8-13-23(22)35-27(24)28(32)30(25)19-9-11-20(12-10-19)33-4-2/h5-13,15-16,25H,3-4,14H2,1-2H3. The lowest BCUT2D eigenvalue weighted by molar-refractivity contribution is 0.0971. The van der Waals surface area contributed by atoms with E-state index in [0.717, 1.165) is 12.0 Å². The molecule has 0 radical (unpaired) electrons. The van der Waals surface area contributed by atoms with E-state index < -0.39 is 6.04 Å². The summed E-state index contributed by atoms with van der Waals surface area (Å²) in [5, 5.41) is 0.755. The van der Waals surface area contributed by atoms with Crippen LogP contribution in [0.3, 0.4) is 0 Å². The van der Waals surface area contributed by atoms with Crippen LogP contribution in [0.4, 0.5) is 5.69 Å². The van der Waals surface area contributed by atoms with E-state index in [9.17, 15) is 9.59 Å². The third kappa shape index (κ3) is 4.15. The van der Waals surface area contributed by atoms with Crippen LogP contribution in [0.1, 0.15) is 48.0 Å². The predicted octanol–water partition coefficient (Wildman–Crippen LogP) is 6.38. The fraction of sp³-hybridized carbons (Fsp3) is 0.214. The summed E-state index contributed by atoms with van der Waals surface area (Å²) < 4.78 is 17.4. The van der Waals surface area contributed by atoms with Gasteiger partial charge < -0.3 is 13.9 Å². The van der Waals surface area contributed by atoms with Crippen molar-refractivity contribution in [3.05, 3.63) is 98.9 Å². The molecular weight excluding hydrogens is 466 g/mol. The molecule has 0 bridgehead atoms. The zero-order valence-electron chi connectivity index (χ0n) is 19.4. The zero-order chi connectivity index (χ0) is 24.5. The minimum atomic E-state index is -0.694. The highest BCUT2D eigenvalue weighted by Crippen LogP contribution is 2.42. The second-order valence-corrected chi connectivity index (χ2v) is 8.68. The number of rotatable bonds is 7. The van der Waals surface area contributed by atoms with Gasteiger partial charge in [-0.15, -0.1) is 0 Å². The first-order valence-corrected chi connectivity index (χ1v) is 11.9. The Labute approximate surface area is 207 Å². The SMILES string of the molecule is CCCOc1cccc(C2c3c(oc4ccc(Cl)cc4c3=O)C(=O)N2c2ccc(OCC)cc2)c1. The van der Waals surface area contributed by atoms with Crippen LogP contribution in [0.15, 0.2) is 75.9 Å². The Morgan fingerprint density at radius 1 is 0.943 bits per heavy atom. The molecule has 3 aromatic carbocycles. The number of halogens is 1. The Morgan fingerprint density at radius 2 is 1.74 bits per heavy atom. The van der Waals surface area contributed by atoms with E-state index in [1.165, 1.54) is 0 Å². The summed E-state index contributed by atoms with van der Waals surface area (Å²) in [7, 11) is 0. The van der Waals surface area contributed by atoms with Gasteiger partial charge in [-0.05, 0) is 73.5 Å². The molecule has 1 unspecified atom stereocenters. The quantitative estimate of drug-likeness (QED) is 0.301. The van der Waals surface area contributed by atoms with Crippen LogP contribution in [0.2, 0.25) is 5.02 Å². The summed E-state index contributed by atoms with van der Waals surface area (Å²) in [6, 6.07) is 18.8. The molecule has 0 fully saturated rings. The molecule has 1 amide bonds. The van der Waals surface area contributed by atoms with Crippen LogP contribution in [-0.4, -0.2) is 19.1 Å². The number of carbonyl (C=O) groups is 1. The van der Waals surface area contributed by atoms with E-state index >= 15 is 0 Å². The Balaban J connectivity index is 1.71. The van der Waals surface area contributed by atoms with E-state index in [1.807, 2.05) is 38.1 Å². The Bertz CT molecular complexity index is 1460. The van der Waals surface area contributed by atoms with Crippen molar-refractivity contribution in [3.8, 4) is 11.5 Å². The van der Waals surface area contributed by atoms with Gasteiger partial charge in [-0.3, -0.25) is 14.5 Å². The Morgan fingerprint density at radius 3 is 2.49 bits per heavy atom. The fourth-order valence-corrected chi connectivity index (χ4v) is 4.56. The van der Waals surface area contributed by atoms with Crippen molar-refractivity contribution in [3.63, 3.8) is 0 Å². The third-order valence-corrected chi connectivity index (χ3v) is 6.14. The minimum Gasteiger partial charge on any atom is -0.494 e. The fourth-order valence-electron chi connectivity index (χ4n) is 4.39. The molecule has 1 atom stereocenters. The molecule has 2 heterocycles. The van der Waals surface area contributed by atoms with Gasteiger partial charge in [-0.1, -0.05) is 30.7 Å².